The zero-order valence-electron chi connectivity index (χ0n) is 11.2. The monoisotopic (exact) mass is 270 g/mol. The van der Waals surface area contributed by atoms with E-state index in [9.17, 15) is 0 Å². The maximum absolute atomic E-state index is 4.00. The standard InChI is InChI=1S/C12H14N8/c1-19-11(8-14-17-19)7-13-10-5-3-4-9(6-10)12-15-16-18-20(12)2/h3-6,8,13H,7H2,1-2H3. The minimum atomic E-state index is 0.657. The van der Waals surface area contributed by atoms with Crippen molar-refractivity contribution in [2.24, 2.45) is 14.1 Å². The van der Waals surface area contributed by atoms with E-state index in [1.54, 1.807) is 15.6 Å². The molecule has 0 fully saturated rings. The summed E-state index contributed by atoms with van der Waals surface area (Å²) in [6, 6.07) is 7.95. The normalized spacial score (nSPS) is 10.7. The van der Waals surface area contributed by atoms with Gasteiger partial charge in [-0.15, -0.1) is 10.2 Å². The van der Waals surface area contributed by atoms with Gasteiger partial charge in [0.1, 0.15) is 0 Å². The van der Waals surface area contributed by atoms with Crippen LogP contribution in [0.1, 0.15) is 5.69 Å². The molecule has 3 aromatic rings. The predicted octanol–water partition coefficient (Wildman–Crippen LogP) is 0.618. The lowest BCUT2D eigenvalue weighted by atomic mass is 10.2. The fourth-order valence-electron chi connectivity index (χ4n) is 1.91. The van der Waals surface area contributed by atoms with Crippen LogP contribution in [0.3, 0.4) is 0 Å². The van der Waals surface area contributed by atoms with Crippen LogP contribution < -0.4 is 5.32 Å². The summed E-state index contributed by atoms with van der Waals surface area (Å²) in [5, 5.41) is 22.6. The minimum Gasteiger partial charge on any atom is -0.379 e. The van der Waals surface area contributed by atoms with Crippen molar-refractivity contribution in [3.63, 3.8) is 0 Å². The molecule has 0 saturated carbocycles. The van der Waals surface area contributed by atoms with E-state index in [0.717, 1.165) is 22.8 Å². The highest BCUT2D eigenvalue weighted by Crippen LogP contribution is 2.19. The average Bonchev–Trinajstić information content (AvgIpc) is 3.05. The van der Waals surface area contributed by atoms with Gasteiger partial charge in [-0.2, -0.15) is 0 Å². The molecule has 2 aromatic heterocycles. The third-order valence-corrected chi connectivity index (χ3v) is 3.02. The minimum absolute atomic E-state index is 0.657. The van der Waals surface area contributed by atoms with Crippen molar-refractivity contribution in [1.82, 2.24) is 35.2 Å². The highest BCUT2D eigenvalue weighted by Gasteiger charge is 2.06. The number of hydrogen-bond acceptors (Lipinski definition) is 6. The first-order valence-corrected chi connectivity index (χ1v) is 6.14. The number of anilines is 1. The van der Waals surface area contributed by atoms with Crippen LogP contribution in [0.4, 0.5) is 5.69 Å². The molecule has 102 valence electrons. The predicted molar refractivity (Wildman–Crippen MR) is 72.6 cm³/mol. The molecule has 1 aromatic carbocycles. The summed E-state index contributed by atoms with van der Waals surface area (Å²) >= 11 is 0. The molecule has 0 unspecified atom stereocenters. The van der Waals surface area contributed by atoms with E-state index in [1.807, 2.05) is 38.4 Å². The molecule has 2 heterocycles. The largest absolute Gasteiger partial charge is 0.379 e. The number of rotatable bonds is 4. The molecule has 0 aliphatic carbocycles. The van der Waals surface area contributed by atoms with Gasteiger partial charge in [0.25, 0.3) is 0 Å². The summed E-state index contributed by atoms with van der Waals surface area (Å²) < 4.78 is 3.38. The van der Waals surface area contributed by atoms with Gasteiger partial charge >= 0.3 is 0 Å². The molecule has 0 aliphatic heterocycles. The molecule has 0 spiro atoms. The Morgan fingerprint density at radius 3 is 2.75 bits per heavy atom. The topological polar surface area (TPSA) is 86.3 Å². The Morgan fingerprint density at radius 1 is 1.15 bits per heavy atom. The number of aryl methyl sites for hydroxylation is 2. The summed E-state index contributed by atoms with van der Waals surface area (Å²) in [5.74, 6) is 0.732. The van der Waals surface area contributed by atoms with E-state index >= 15 is 0 Å². The van der Waals surface area contributed by atoms with Gasteiger partial charge in [0.05, 0.1) is 18.4 Å². The van der Waals surface area contributed by atoms with Gasteiger partial charge in [-0.3, -0.25) is 4.68 Å². The van der Waals surface area contributed by atoms with Crippen molar-refractivity contribution in [2.45, 2.75) is 6.54 Å². The molecular formula is C12H14N8. The third-order valence-electron chi connectivity index (χ3n) is 3.02. The van der Waals surface area contributed by atoms with E-state index in [2.05, 4.69) is 31.2 Å². The lowest BCUT2D eigenvalue weighted by Gasteiger charge is -2.07. The molecule has 0 atom stereocenters. The van der Waals surface area contributed by atoms with Crippen LogP contribution in [0.2, 0.25) is 0 Å². The van der Waals surface area contributed by atoms with E-state index in [-0.39, 0.29) is 0 Å². The second-order valence-corrected chi connectivity index (χ2v) is 4.41. The SMILES string of the molecule is Cn1nncc1CNc1cccc(-c2nnnn2C)c1. The first-order valence-electron chi connectivity index (χ1n) is 6.14. The molecule has 1 N–H and O–H groups in total. The summed E-state index contributed by atoms with van der Waals surface area (Å²) in [4.78, 5) is 0. The van der Waals surface area contributed by atoms with E-state index < -0.39 is 0 Å². The Hall–Kier alpha value is -2.77. The van der Waals surface area contributed by atoms with E-state index in [1.165, 1.54) is 0 Å². The zero-order valence-corrected chi connectivity index (χ0v) is 11.2. The number of nitrogens with zero attached hydrogens (tertiary/aromatic N) is 7. The Morgan fingerprint density at radius 2 is 2.05 bits per heavy atom. The van der Waals surface area contributed by atoms with Crippen LogP contribution in [-0.4, -0.2) is 35.2 Å². The molecule has 20 heavy (non-hydrogen) atoms. The number of aromatic nitrogens is 7. The van der Waals surface area contributed by atoms with Gasteiger partial charge in [-0.1, -0.05) is 17.3 Å². The lowest BCUT2D eigenvalue weighted by Crippen LogP contribution is -2.05. The van der Waals surface area contributed by atoms with Crippen molar-refractivity contribution >= 4 is 5.69 Å². The van der Waals surface area contributed by atoms with Crippen LogP contribution in [0.5, 0.6) is 0 Å². The molecule has 0 aliphatic rings. The van der Waals surface area contributed by atoms with Gasteiger partial charge in [0.15, 0.2) is 5.82 Å². The number of nitrogens with one attached hydrogen (secondary N) is 1. The fourth-order valence-corrected chi connectivity index (χ4v) is 1.91. The molecule has 0 bridgehead atoms. The Kier molecular flexibility index (Phi) is 3.12. The van der Waals surface area contributed by atoms with Crippen molar-refractivity contribution in [1.29, 1.82) is 0 Å². The van der Waals surface area contributed by atoms with E-state index in [0.29, 0.717) is 6.54 Å². The Labute approximate surface area is 115 Å². The van der Waals surface area contributed by atoms with Crippen LogP contribution in [0.25, 0.3) is 11.4 Å². The van der Waals surface area contributed by atoms with Gasteiger partial charge in [0, 0.05) is 25.3 Å². The van der Waals surface area contributed by atoms with E-state index in [4.69, 9.17) is 0 Å². The summed E-state index contributed by atoms with van der Waals surface area (Å²) in [6.45, 7) is 0.657. The maximum atomic E-state index is 4.00. The molecule has 0 saturated heterocycles. The van der Waals surface area contributed by atoms with Crippen LogP contribution in [0, 0.1) is 0 Å². The summed E-state index contributed by atoms with van der Waals surface area (Å²) in [5.41, 5.74) is 2.97. The molecule has 3 rings (SSSR count). The Bertz CT molecular complexity index is 714. The van der Waals surface area contributed by atoms with Crippen LogP contribution in [0.15, 0.2) is 30.5 Å². The van der Waals surface area contributed by atoms with Crippen molar-refractivity contribution in [2.75, 3.05) is 5.32 Å². The zero-order chi connectivity index (χ0) is 13.9. The van der Waals surface area contributed by atoms with Gasteiger partial charge in [-0.25, -0.2) is 4.68 Å². The highest BCUT2D eigenvalue weighted by atomic mass is 15.5. The van der Waals surface area contributed by atoms with Gasteiger partial charge in [0.2, 0.25) is 0 Å². The second-order valence-electron chi connectivity index (χ2n) is 4.41. The first kappa shape index (κ1) is 12.3. The van der Waals surface area contributed by atoms with Crippen molar-refractivity contribution in [3.05, 3.63) is 36.2 Å². The van der Waals surface area contributed by atoms with Crippen LogP contribution >= 0.6 is 0 Å². The molecular weight excluding hydrogens is 256 g/mol. The Balaban J connectivity index is 1.78. The summed E-state index contributed by atoms with van der Waals surface area (Å²) in [6.07, 6.45) is 1.74. The lowest BCUT2D eigenvalue weighted by molar-refractivity contribution is 0.683. The van der Waals surface area contributed by atoms with Gasteiger partial charge in [-0.05, 0) is 22.6 Å². The maximum Gasteiger partial charge on any atom is 0.181 e. The third kappa shape index (κ3) is 2.35. The van der Waals surface area contributed by atoms with Crippen molar-refractivity contribution < 1.29 is 0 Å². The number of hydrogen-bond donors (Lipinski definition) is 1. The van der Waals surface area contributed by atoms with Gasteiger partial charge < -0.3 is 5.32 Å². The van der Waals surface area contributed by atoms with Crippen LogP contribution in [-0.2, 0) is 20.6 Å². The molecule has 0 amide bonds. The fraction of sp³-hybridized carbons (Fsp3) is 0.250. The first-order chi connectivity index (χ1) is 9.74. The summed E-state index contributed by atoms with van der Waals surface area (Å²) in [7, 11) is 3.68. The molecule has 8 nitrogen and oxygen atoms in total. The molecule has 8 heteroatoms. The number of benzene rings is 1. The second kappa shape index (κ2) is 5.08. The number of tetrazole rings is 1. The average molecular weight is 270 g/mol. The smallest absolute Gasteiger partial charge is 0.181 e. The van der Waals surface area contributed by atoms with Crippen molar-refractivity contribution in [3.8, 4) is 11.4 Å². The quantitative estimate of drug-likeness (QED) is 0.747. The highest BCUT2D eigenvalue weighted by molar-refractivity contribution is 5.62. The molecule has 0 radical (unpaired) electrons.